The fraction of sp³-hybridized carbons (Fsp3) is 0.409. The van der Waals surface area contributed by atoms with Crippen molar-refractivity contribution in [3.63, 3.8) is 0 Å². The van der Waals surface area contributed by atoms with Gasteiger partial charge in [-0.1, -0.05) is 48.0 Å². The van der Waals surface area contributed by atoms with Crippen LogP contribution in [-0.4, -0.2) is 30.2 Å². The van der Waals surface area contributed by atoms with Crippen LogP contribution in [0.5, 0.6) is 0 Å². The summed E-state index contributed by atoms with van der Waals surface area (Å²) in [4.78, 5) is 12.8. The number of rotatable bonds is 6. The highest BCUT2D eigenvalue weighted by molar-refractivity contribution is 7.89. The summed E-state index contributed by atoms with van der Waals surface area (Å²) in [6.07, 6.45) is 0.542. The van der Waals surface area contributed by atoms with E-state index in [9.17, 15) is 13.2 Å². The summed E-state index contributed by atoms with van der Waals surface area (Å²) in [5.41, 5.74) is 1.56. The van der Waals surface area contributed by atoms with Gasteiger partial charge in [0.25, 0.3) is 0 Å². The number of carbonyl (C=O) groups excluding carboxylic acids is 1. The van der Waals surface area contributed by atoms with Gasteiger partial charge in [0.05, 0.1) is 10.8 Å². The molecule has 2 aromatic rings. The van der Waals surface area contributed by atoms with E-state index in [4.69, 9.17) is 0 Å². The van der Waals surface area contributed by atoms with Crippen LogP contribution in [0, 0.1) is 12.8 Å². The predicted molar refractivity (Wildman–Crippen MR) is 110 cm³/mol. The lowest BCUT2D eigenvalue weighted by Crippen LogP contribution is -2.43. The van der Waals surface area contributed by atoms with E-state index in [1.807, 2.05) is 58.0 Å². The van der Waals surface area contributed by atoms with E-state index in [1.54, 1.807) is 24.3 Å². The Morgan fingerprint density at radius 3 is 2.25 bits per heavy atom. The minimum Gasteiger partial charge on any atom is -0.351 e. The van der Waals surface area contributed by atoms with Crippen molar-refractivity contribution < 1.29 is 13.2 Å². The monoisotopic (exact) mass is 400 g/mol. The van der Waals surface area contributed by atoms with Crippen LogP contribution >= 0.6 is 0 Å². The second kappa shape index (κ2) is 7.68. The highest BCUT2D eigenvalue weighted by Gasteiger charge is 2.51. The molecule has 1 aliphatic carbocycles. The molecule has 1 saturated carbocycles. The summed E-state index contributed by atoms with van der Waals surface area (Å²) in [5.74, 6) is -0.405. The number of sulfonamides is 1. The SMILES string of the molecule is Cc1ccc(S(=O)(=O)N(Cc2ccccc2)[C@@H]2C[C@H]2C(=O)NC(C)(C)C)cc1. The molecule has 0 bridgehead atoms. The topological polar surface area (TPSA) is 66.5 Å². The molecule has 3 rings (SSSR count). The van der Waals surface area contributed by atoms with E-state index in [0.29, 0.717) is 6.42 Å². The quantitative estimate of drug-likeness (QED) is 0.807. The zero-order valence-corrected chi connectivity index (χ0v) is 17.7. The van der Waals surface area contributed by atoms with Crippen molar-refractivity contribution in [1.29, 1.82) is 0 Å². The smallest absolute Gasteiger partial charge is 0.243 e. The standard InChI is InChI=1S/C22H28N2O3S/c1-16-10-12-18(13-11-16)28(26,27)24(15-17-8-6-5-7-9-17)20-14-19(20)21(25)23-22(2,3)4/h5-13,19-20H,14-15H2,1-4H3,(H,23,25)/t19-,20-/m1/s1. The van der Waals surface area contributed by atoms with Gasteiger partial charge in [-0.3, -0.25) is 4.79 Å². The fourth-order valence-corrected chi connectivity index (χ4v) is 4.89. The molecule has 5 nitrogen and oxygen atoms in total. The average molecular weight is 401 g/mol. The molecule has 1 aliphatic rings. The summed E-state index contributed by atoms with van der Waals surface area (Å²) in [6.45, 7) is 7.94. The third-order valence-electron chi connectivity index (χ3n) is 4.77. The highest BCUT2D eigenvalue weighted by Crippen LogP contribution is 2.40. The molecule has 2 atom stereocenters. The summed E-state index contributed by atoms with van der Waals surface area (Å²) in [5, 5.41) is 2.97. The maximum Gasteiger partial charge on any atom is 0.243 e. The van der Waals surface area contributed by atoms with Crippen LogP contribution in [0.4, 0.5) is 0 Å². The van der Waals surface area contributed by atoms with Gasteiger partial charge < -0.3 is 5.32 Å². The molecule has 0 aromatic heterocycles. The van der Waals surface area contributed by atoms with E-state index < -0.39 is 10.0 Å². The van der Waals surface area contributed by atoms with Crippen molar-refractivity contribution in [2.75, 3.05) is 0 Å². The highest BCUT2D eigenvalue weighted by atomic mass is 32.2. The van der Waals surface area contributed by atoms with E-state index in [1.165, 1.54) is 4.31 Å². The van der Waals surface area contributed by atoms with Gasteiger partial charge in [-0.25, -0.2) is 8.42 Å². The molecular weight excluding hydrogens is 372 g/mol. The van der Waals surface area contributed by atoms with Gasteiger partial charge >= 0.3 is 0 Å². The second-order valence-electron chi connectivity index (χ2n) is 8.50. The van der Waals surface area contributed by atoms with Crippen molar-refractivity contribution in [2.45, 2.75) is 57.1 Å². The Labute approximate surface area is 167 Å². The minimum atomic E-state index is -3.71. The first kappa shape index (κ1) is 20.6. The zero-order chi connectivity index (χ0) is 20.5. The lowest BCUT2D eigenvalue weighted by Gasteiger charge is -2.24. The van der Waals surface area contributed by atoms with Gasteiger partial charge in [0.2, 0.25) is 15.9 Å². The number of carbonyl (C=O) groups is 1. The molecule has 0 saturated heterocycles. The van der Waals surface area contributed by atoms with E-state index in [2.05, 4.69) is 5.32 Å². The van der Waals surface area contributed by atoms with Crippen molar-refractivity contribution in [3.05, 3.63) is 65.7 Å². The van der Waals surface area contributed by atoms with E-state index in [-0.39, 0.29) is 34.8 Å². The zero-order valence-electron chi connectivity index (χ0n) is 16.8. The molecule has 0 heterocycles. The van der Waals surface area contributed by atoms with Crippen LogP contribution in [0.25, 0.3) is 0 Å². The van der Waals surface area contributed by atoms with Crippen LogP contribution < -0.4 is 5.32 Å². The number of nitrogens with zero attached hydrogens (tertiary/aromatic N) is 1. The Morgan fingerprint density at radius 1 is 1.07 bits per heavy atom. The van der Waals surface area contributed by atoms with Gasteiger partial charge in [0, 0.05) is 18.1 Å². The van der Waals surface area contributed by atoms with Gasteiger partial charge in [-0.05, 0) is 51.8 Å². The van der Waals surface area contributed by atoms with Crippen LogP contribution in [0.15, 0.2) is 59.5 Å². The first-order valence-electron chi connectivity index (χ1n) is 9.52. The van der Waals surface area contributed by atoms with Gasteiger partial charge in [0.1, 0.15) is 0 Å². The molecule has 6 heteroatoms. The molecule has 28 heavy (non-hydrogen) atoms. The maximum atomic E-state index is 13.4. The molecular formula is C22H28N2O3S. The number of hydrogen-bond donors (Lipinski definition) is 1. The summed E-state index contributed by atoms with van der Waals surface area (Å²) < 4.78 is 28.2. The third kappa shape index (κ3) is 4.80. The summed E-state index contributed by atoms with van der Waals surface area (Å²) in [7, 11) is -3.71. The van der Waals surface area contributed by atoms with Gasteiger partial charge in [-0.2, -0.15) is 4.31 Å². The van der Waals surface area contributed by atoms with Crippen molar-refractivity contribution in [3.8, 4) is 0 Å². The Balaban J connectivity index is 1.88. The number of hydrogen-bond acceptors (Lipinski definition) is 3. The molecule has 1 fully saturated rings. The Kier molecular flexibility index (Phi) is 5.64. The Bertz CT molecular complexity index is 932. The molecule has 0 aliphatic heterocycles. The van der Waals surface area contributed by atoms with Gasteiger partial charge in [-0.15, -0.1) is 0 Å². The normalized spacial score (nSPS) is 19.5. The molecule has 1 N–H and O–H groups in total. The van der Waals surface area contributed by atoms with Crippen LogP contribution in [0.3, 0.4) is 0 Å². The van der Waals surface area contributed by atoms with E-state index in [0.717, 1.165) is 11.1 Å². The predicted octanol–water partition coefficient (Wildman–Crippen LogP) is 3.49. The fourth-order valence-electron chi connectivity index (χ4n) is 3.23. The van der Waals surface area contributed by atoms with Crippen LogP contribution in [0.1, 0.15) is 38.3 Å². The Morgan fingerprint density at radius 2 is 1.68 bits per heavy atom. The summed E-state index contributed by atoms with van der Waals surface area (Å²) >= 11 is 0. The second-order valence-corrected chi connectivity index (χ2v) is 10.4. The molecule has 0 unspecified atom stereocenters. The number of nitrogens with one attached hydrogen (secondary N) is 1. The lowest BCUT2D eigenvalue weighted by molar-refractivity contribution is -0.124. The third-order valence-corrected chi connectivity index (χ3v) is 6.66. The number of aryl methyl sites for hydroxylation is 1. The molecule has 150 valence electrons. The van der Waals surface area contributed by atoms with E-state index >= 15 is 0 Å². The summed E-state index contributed by atoms with van der Waals surface area (Å²) in [6, 6.07) is 16.0. The Hall–Kier alpha value is -2.18. The average Bonchev–Trinajstić information content (AvgIpc) is 3.40. The van der Waals surface area contributed by atoms with Crippen LogP contribution in [0.2, 0.25) is 0 Å². The van der Waals surface area contributed by atoms with Crippen molar-refractivity contribution in [2.24, 2.45) is 5.92 Å². The molecule has 0 spiro atoms. The molecule has 0 radical (unpaired) electrons. The molecule has 1 amide bonds. The number of amides is 1. The number of benzene rings is 2. The minimum absolute atomic E-state index is 0.0883. The largest absolute Gasteiger partial charge is 0.351 e. The maximum absolute atomic E-state index is 13.4. The van der Waals surface area contributed by atoms with Crippen LogP contribution in [-0.2, 0) is 21.4 Å². The van der Waals surface area contributed by atoms with Crippen molar-refractivity contribution in [1.82, 2.24) is 9.62 Å². The molecule has 2 aromatic carbocycles. The van der Waals surface area contributed by atoms with Crippen molar-refractivity contribution >= 4 is 15.9 Å². The first-order valence-corrected chi connectivity index (χ1v) is 11.0. The first-order chi connectivity index (χ1) is 13.1. The lowest BCUT2D eigenvalue weighted by atomic mass is 10.1. The van der Waals surface area contributed by atoms with Gasteiger partial charge in [0.15, 0.2) is 0 Å².